The van der Waals surface area contributed by atoms with E-state index in [-0.39, 0.29) is 11.1 Å². The standard InChI is InChI=1S/C22H15ClFN7O/c1-12(29-21-18-16(25-2)9-26-20(18)27-11-28-21)17-10-30-7-6-15(23)19(30)22(32)31(17)14-5-3-4-13(24)8-14/h3-12H,1H3,(H2,26,27,28,29). The van der Waals surface area contributed by atoms with Crippen LogP contribution in [-0.2, 0) is 0 Å². The van der Waals surface area contributed by atoms with E-state index in [9.17, 15) is 9.18 Å². The number of hydrogen-bond acceptors (Lipinski definition) is 4. The normalized spacial score (nSPS) is 12.2. The van der Waals surface area contributed by atoms with Crippen molar-refractivity contribution in [3.63, 3.8) is 0 Å². The average molecular weight is 448 g/mol. The van der Waals surface area contributed by atoms with Crippen molar-refractivity contribution in [2.45, 2.75) is 13.0 Å². The van der Waals surface area contributed by atoms with E-state index < -0.39 is 11.9 Å². The topological polar surface area (TPSA) is 84.4 Å². The summed E-state index contributed by atoms with van der Waals surface area (Å²) in [6.07, 6.45) is 6.41. The van der Waals surface area contributed by atoms with E-state index in [0.717, 1.165) is 0 Å². The highest BCUT2D eigenvalue weighted by Crippen LogP contribution is 2.32. The van der Waals surface area contributed by atoms with Crippen LogP contribution in [0.2, 0.25) is 5.02 Å². The van der Waals surface area contributed by atoms with E-state index in [1.807, 2.05) is 6.92 Å². The van der Waals surface area contributed by atoms with Crippen molar-refractivity contribution in [3.05, 3.63) is 93.6 Å². The molecule has 0 saturated carbocycles. The number of hydrogen-bond donors (Lipinski definition) is 2. The number of fused-ring (bicyclic) bond motifs is 2. The van der Waals surface area contributed by atoms with Crippen LogP contribution >= 0.6 is 11.6 Å². The van der Waals surface area contributed by atoms with Crippen molar-refractivity contribution in [2.24, 2.45) is 0 Å². The Kier molecular flexibility index (Phi) is 4.64. The Labute approximate surface area is 185 Å². The van der Waals surface area contributed by atoms with Crippen LogP contribution in [0.25, 0.3) is 27.1 Å². The van der Waals surface area contributed by atoms with Crippen molar-refractivity contribution in [2.75, 3.05) is 5.32 Å². The third-order valence-corrected chi connectivity index (χ3v) is 5.54. The molecule has 0 fully saturated rings. The van der Waals surface area contributed by atoms with Gasteiger partial charge in [-0.15, -0.1) is 0 Å². The summed E-state index contributed by atoms with van der Waals surface area (Å²) < 4.78 is 17.1. The third kappa shape index (κ3) is 3.09. The molecule has 0 saturated heterocycles. The Morgan fingerprint density at radius 2 is 2.16 bits per heavy atom. The minimum Gasteiger partial charge on any atom is -0.362 e. The molecule has 0 amide bonds. The average Bonchev–Trinajstić information content (AvgIpc) is 3.37. The highest BCUT2D eigenvalue weighted by atomic mass is 35.5. The van der Waals surface area contributed by atoms with Gasteiger partial charge >= 0.3 is 0 Å². The third-order valence-electron chi connectivity index (χ3n) is 5.23. The predicted molar refractivity (Wildman–Crippen MR) is 120 cm³/mol. The fourth-order valence-corrected chi connectivity index (χ4v) is 4.01. The Morgan fingerprint density at radius 1 is 1.31 bits per heavy atom. The van der Waals surface area contributed by atoms with Gasteiger partial charge in [0.25, 0.3) is 5.56 Å². The monoisotopic (exact) mass is 447 g/mol. The van der Waals surface area contributed by atoms with Gasteiger partial charge in [-0.05, 0) is 31.2 Å². The Balaban J connectivity index is 1.70. The number of anilines is 1. The summed E-state index contributed by atoms with van der Waals surface area (Å²) >= 11 is 6.24. The zero-order chi connectivity index (χ0) is 22.4. The highest BCUT2D eigenvalue weighted by Gasteiger charge is 2.20. The maximum Gasteiger partial charge on any atom is 0.281 e. The number of halogens is 2. The van der Waals surface area contributed by atoms with Crippen molar-refractivity contribution >= 4 is 39.7 Å². The Bertz CT molecular complexity index is 1590. The van der Waals surface area contributed by atoms with Crippen LogP contribution in [0.15, 0.2) is 60.0 Å². The second kappa shape index (κ2) is 7.51. The minimum atomic E-state index is -0.464. The van der Waals surface area contributed by atoms with Gasteiger partial charge in [0, 0.05) is 18.6 Å². The molecule has 4 heterocycles. The molecule has 1 aromatic carbocycles. The lowest BCUT2D eigenvalue weighted by Gasteiger charge is -2.21. The van der Waals surface area contributed by atoms with Crippen LogP contribution in [0, 0.1) is 12.4 Å². The lowest BCUT2D eigenvalue weighted by Crippen LogP contribution is -2.27. The molecule has 8 nitrogen and oxygen atoms in total. The van der Waals surface area contributed by atoms with Gasteiger partial charge in [-0.2, -0.15) is 0 Å². The second-order valence-corrected chi connectivity index (χ2v) is 7.60. The number of rotatable bonds is 4. The molecule has 5 aromatic rings. The van der Waals surface area contributed by atoms with Crippen molar-refractivity contribution in [1.82, 2.24) is 23.9 Å². The molecule has 0 radical (unpaired) electrons. The summed E-state index contributed by atoms with van der Waals surface area (Å²) in [6.45, 7) is 9.24. The molecular weight excluding hydrogens is 433 g/mol. The molecule has 1 atom stereocenters. The molecule has 1 unspecified atom stereocenters. The molecule has 0 spiro atoms. The Hall–Kier alpha value is -4.16. The van der Waals surface area contributed by atoms with E-state index in [1.165, 1.54) is 23.0 Å². The van der Waals surface area contributed by atoms with Gasteiger partial charge in [-0.1, -0.05) is 17.7 Å². The number of nitrogens with one attached hydrogen (secondary N) is 2. The molecule has 0 bridgehead atoms. The van der Waals surface area contributed by atoms with Gasteiger partial charge in [0.15, 0.2) is 0 Å². The van der Waals surface area contributed by atoms with Gasteiger partial charge in [-0.25, -0.2) is 19.2 Å². The van der Waals surface area contributed by atoms with E-state index in [0.29, 0.717) is 38.9 Å². The van der Waals surface area contributed by atoms with Crippen LogP contribution in [-0.4, -0.2) is 23.9 Å². The van der Waals surface area contributed by atoms with Crippen LogP contribution in [0.3, 0.4) is 0 Å². The smallest absolute Gasteiger partial charge is 0.281 e. The molecule has 0 aliphatic heterocycles. The van der Waals surface area contributed by atoms with E-state index >= 15 is 0 Å². The van der Waals surface area contributed by atoms with Crippen molar-refractivity contribution in [1.29, 1.82) is 0 Å². The molecule has 32 heavy (non-hydrogen) atoms. The largest absolute Gasteiger partial charge is 0.362 e. The maximum atomic E-state index is 14.0. The SMILES string of the molecule is [C-]#[N+]c1c[nH]c2ncnc(NC(C)c3cn4ccc(Cl)c4c(=O)n3-c3cccc(F)c3)c12. The fraction of sp³-hybridized carbons (Fsp3) is 0.0909. The second-order valence-electron chi connectivity index (χ2n) is 7.19. The summed E-state index contributed by atoms with van der Waals surface area (Å²) in [5, 5.41) is 4.13. The Morgan fingerprint density at radius 3 is 2.94 bits per heavy atom. The number of nitrogens with zero attached hydrogens (tertiary/aromatic N) is 5. The van der Waals surface area contributed by atoms with Crippen LogP contribution in [0.4, 0.5) is 15.9 Å². The summed E-state index contributed by atoms with van der Waals surface area (Å²) in [5.41, 5.74) is 1.73. The van der Waals surface area contributed by atoms with Gasteiger partial charge in [0.05, 0.1) is 34.4 Å². The molecule has 5 rings (SSSR count). The predicted octanol–water partition coefficient (Wildman–Crippen LogP) is 4.88. The van der Waals surface area contributed by atoms with Crippen LogP contribution in [0.5, 0.6) is 0 Å². The number of benzene rings is 1. The summed E-state index contributed by atoms with van der Waals surface area (Å²) in [4.78, 5) is 28.3. The van der Waals surface area contributed by atoms with Gasteiger partial charge in [0.1, 0.15) is 29.1 Å². The molecule has 158 valence electrons. The van der Waals surface area contributed by atoms with Crippen LogP contribution < -0.4 is 10.9 Å². The quantitative estimate of drug-likeness (QED) is 0.385. The van der Waals surface area contributed by atoms with Crippen molar-refractivity contribution < 1.29 is 4.39 Å². The molecule has 2 N–H and O–H groups in total. The number of aromatic amines is 1. The zero-order valence-electron chi connectivity index (χ0n) is 16.7. The maximum absolute atomic E-state index is 14.0. The van der Waals surface area contributed by atoms with Gasteiger partial charge in [0.2, 0.25) is 5.69 Å². The van der Waals surface area contributed by atoms with Gasteiger partial charge < -0.3 is 14.7 Å². The van der Waals surface area contributed by atoms with Crippen molar-refractivity contribution in [3.8, 4) is 5.69 Å². The van der Waals surface area contributed by atoms with E-state index in [4.69, 9.17) is 18.2 Å². The molecule has 0 aliphatic carbocycles. The molecule has 4 aromatic heterocycles. The van der Waals surface area contributed by atoms with E-state index in [1.54, 1.807) is 41.2 Å². The summed E-state index contributed by atoms with van der Waals surface area (Å²) in [5.74, 6) is -0.0209. The molecule has 10 heteroatoms. The van der Waals surface area contributed by atoms with Crippen LogP contribution in [0.1, 0.15) is 18.7 Å². The molecular formula is C22H15ClFN7O. The lowest BCUT2D eigenvalue weighted by atomic mass is 10.2. The first-order valence-electron chi connectivity index (χ1n) is 9.62. The first-order chi connectivity index (χ1) is 15.5. The highest BCUT2D eigenvalue weighted by molar-refractivity contribution is 6.33. The zero-order valence-corrected chi connectivity index (χ0v) is 17.4. The summed E-state index contributed by atoms with van der Waals surface area (Å²) in [7, 11) is 0. The number of H-pyrrole nitrogens is 1. The lowest BCUT2D eigenvalue weighted by molar-refractivity contribution is 0.625. The van der Waals surface area contributed by atoms with Gasteiger partial charge in [-0.3, -0.25) is 9.36 Å². The minimum absolute atomic E-state index is 0.289. The number of aromatic nitrogens is 5. The molecule has 0 aliphatic rings. The first kappa shape index (κ1) is 19.8. The first-order valence-corrected chi connectivity index (χ1v) is 10.00. The van der Waals surface area contributed by atoms with E-state index in [2.05, 4.69) is 25.1 Å². The fourth-order valence-electron chi connectivity index (χ4n) is 3.78. The summed E-state index contributed by atoms with van der Waals surface area (Å²) in [6, 6.07) is 6.97.